The molecule has 0 unspecified atom stereocenters. The molecule has 0 bridgehead atoms. The lowest BCUT2D eigenvalue weighted by Crippen LogP contribution is -2.40. The first-order valence-electron chi connectivity index (χ1n) is 9.35. The normalized spacial score (nSPS) is 17.0. The molecule has 3 rings (SSSR count). The van der Waals surface area contributed by atoms with Crippen LogP contribution in [0, 0.1) is 18.7 Å². The summed E-state index contributed by atoms with van der Waals surface area (Å²) in [4.78, 5) is 14.9. The highest BCUT2D eigenvalue weighted by Crippen LogP contribution is 2.21. The van der Waals surface area contributed by atoms with E-state index in [1.54, 1.807) is 0 Å². The Morgan fingerprint density at radius 1 is 1.12 bits per heavy atom. The van der Waals surface area contributed by atoms with E-state index in [9.17, 15) is 9.18 Å². The molecule has 0 aliphatic carbocycles. The van der Waals surface area contributed by atoms with Gasteiger partial charge in [0.15, 0.2) is 0 Å². The molecule has 26 heavy (non-hydrogen) atoms. The summed E-state index contributed by atoms with van der Waals surface area (Å²) in [5.74, 6) is 0.0266. The van der Waals surface area contributed by atoms with Crippen LogP contribution in [0.15, 0.2) is 48.5 Å². The van der Waals surface area contributed by atoms with Crippen molar-refractivity contribution in [2.45, 2.75) is 39.3 Å². The molecule has 4 heteroatoms. The number of likely N-dealkylation sites (tertiary alicyclic amines) is 1. The van der Waals surface area contributed by atoms with E-state index in [1.165, 1.54) is 17.7 Å². The van der Waals surface area contributed by atoms with Crippen LogP contribution in [0.1, 0.15) is 42.5 Å². The monoisotopic (exact) mass is 354 g/mol. The van der Waals surface area contributed by atoms with Gasteiger partial charge in [0.25, 0.3) is 0 Å². The zero-order valence-corrected chi connectivity index (χ0v) is 15.5. The Kier molecular flexibility index (Phi) is 6.04. The Labute approximate surface area is 155 Å². The molecule has 2 aromatic rings. The van der Waals surface area contributed by atoms with Gasteiger partial charge in [0.1, 0.15) is 5.82 Å². The van der Waals surface area contributed by atoms with E-state index in [4.69, 9.17) is 0 Å². The van der Waals surface area contributed by atoms with Crippen LogP contribution in [0.2, 0.25) is 0 Å². The maximum atomic E-state index is 13.0. The minimum atomic E-state index is -0.202. The van der Waals surface area contributed by atoms with Crippen molar-refractivity contribution >= 4 is 5.91 Å². The minimum Gasteiger partial charge on any atom is -0.349 e. The number of carbonyl (C=O) groups is 1. The molecule has 1 aliphatic rings. The summed E-state index contributed by atoms with van der Waals surface area (Å²) in [6.45, 7) is 6.70. The van der Waals surface area contributed by atoms with E-state index >= 15 is 0 Å². The van der Waals surface area contributed by atoms with Gasteiger partial charge in [-0.05, 0) is 63.0 Å². The lowest BCUT2D eigenvalue weighted by atomic mass is 9.94. The summed E-state index contributed by atoms with van der Waals surface area (Å²) >= 11 is 0. The van der Waals surface area contributed by atoms with Gasteiger partial charge in [-0.25, -0.2) is 4.39 Å². The molecule has 1 heterocycles. The highest BCUT2D eigenvalue weighted by molar-refractivity contribution is 5.79. The average molecular weight is 354 g/mol. The van der Waals surface area contributed by atoms with Gasteiger partial charge in [0.2, 0.25) is 5.91 Å². The summed E-state index contributed by atoms with van der Waals surface area (Å²) in [5, 5.41) is 3.16. The molecule has 0 radical (unpaired) electrons. The van der Waals surface area contributed by atoms with Crippen molar-refractivity contribution in [1.82, 2.24) is 10.2 Å². The van der Waals surface area contributed by atoms with Crippen LogP contribution in [0.3, 0.4) is 0 Å². The van der Waals surface area contributed by atoms with Crippen molar-refractivity contribution in [3.05, 3.63) is 71.0 Å². The first-order valence-corrected chi connectivity index (χ1v) is 9.35. The second kappa shape index (κ2) is 8.45. The highest BCUT2D eigenvalue weighted by atomic mass is 19.1. The molecule has 0 spiro atoms. The Hall–Kier alpha value is -2.20. The maximum absolute atomic E-state index is 13.0. The molecule has 1 amide bonds. The summed E-state index contributed by atoms with van der Waals surface area (Å²) in [5.41, 5.74) is 3.47. The number of hydrogen-bond donors (Lipinski definition) is 1. The smallest absolute Gasteiger partial charge is 0.223 e. The van der Waals surface area contributed by atoms with Gasteiger partial charge in [-0.3, -0.25) is 9.69 Å². The van der Waals surface area contributed by atoms with E-state index in [0.29, 0.717) is 0 Å². The van der Waals surface area contributed by atoms with Gasteiger partial charge in [-0.2, -0.15) is 0 Å². The topological polar surface area (TPSA) is 32.3 Å². The van der Waals surface area contributed by atoms with Crippen molar-refractivity contribution in [2.24, 2.45) is 5.92 Å². The van der Waals surface area contributed by atoms with Crippen LogP contribution < -0.4 is 5.32 Å². The van der Waals surface area contributed by atoms with Gasteiger partial charge in [-0.15, -0.1) is 0 Å². The zero-order chi connectivity index (χ0) is 18.5. The lowest BCUT2D eigenvalue weighted by molar-refractivity contribution is -0.127. The molecule has 1 fully saturated rings. The second-order valence-corrected chi connectivity index (χ2v) is 7.32. The van der Waals surface area contributed by atoms with E-state index in [2.05, 4.69) is 41.4 Å². The number of halogens is 1. The van der Waals surface area contributed by atoms with E-state index in [0.717, 1.165) is 43.6 Å². The van der Waals surface area contributed by atoms with Gasteiger partial charge in [0, 0.05) is 12.5 Å². The molecule has 1 N–H and O–H groups in total. The number of rotatable bonds is 5. The Bertz CT molecular complexity index is 719. The van der Waals surface area contributed by atoms with Crippen LogP contribution in [0.25, 0.3) is 0 Å². The summed E-state index contributed by atoms with van der Waals surface area (Å²) in [6, 6.07) is 15.0. The fraction of sp³-hybridized carbons (Fsp3) is 0.409. The highest BCUT2D eigenvalue weighted by Gasteiger charge is 2.26. The van der Waals surface area contributed by atoms with Crippen LogP contribution in [0.4, 0.5) is 4.39 Å². The number of amides is 1. The Balaban J connectivity index is 1.47. The summed E-state index contributed by atoms with van der Waals surface area (Å²) in [6.07, 6.45) is 1.74. The third-order valence-corrected chi connectivity index (χ3v) is 5.21. The standard InChI is InChI=1S/C22H27FN2O/c1-16-3-7-19(8-4-16)17(2)24-22(26)20-11-13-25(14-12-20)15-18-5-9-21(23)10-6-18/h3-10,17,20H,11-15H2,1-2H3,(H,24,26)/t17-/m1/s1. The van der Waals surface area contributed by atoms with E-state index in [-0.39, 0.29) is 23.7 Å². The van der Waals surface area contributed by atoms with Crippen molar-refractivity contribution in [3.63, 3.8) is 0 Å². The Morgan fingerprint density at radius 3 is 2.35 bits per heavy atom. The van der Waals surface area contributed by atoms with Gasteiger partial charge in [0.05, 0.1) is 6.04 Å². The number of hydrogen-bond acceptors (Lipinski definition) is 2. The zero-order valence-electron chi connectivity index (χ0n) is 15.5. The third kappa shape index (κ3) is 4.92. The van der Waals surface area contributed by atoms with E-state index in [1.807, 2.05) is 19.1 Å². The molecule has 1 saturated heterocycles. The molecule has 1 atom stereocenters. The predicted octanol–water partition coefficient (Wildman–Crippen LogP) is 4.22. The average Bonchev–Trinajstić information content (AvgIpc) is 2.64. The number of nitrogens with one attached hydrogen (secondary N) is 1. The molecule has 3 nitrogen and oxygen atoms in total. The van der Waals surface area contributed by atoms with E-state index < -0.39 is 0 Å². The predicted molar refractivity (Wildman–Crippen MR) is 102 cm³/mol. The summed E-state index contributed by atoms with van der Waals surface area (Å²) in [7, 11) is 0. The fourth-order valence-corrected chi connectivity index (χ4v) is 3.47. The number of aryl methyl sites for hydroxylation is 1. The van der Waals surface area contributed by atoms with Crippen LogP contribution in [-0.2, 0) is 11.3 Å². The lowest BCUT2D eigenvalue weighted by Gasteiger charge is -2.32. The van der Waals surface area contributed by atoms with Crippen LogP contribution in [0.5, 0.6) is 0 Å². The number of piperidine rings is 1. The molecule has 138 valence electrons. The SMILES string of the molecule is Cc1ccc([C@@H](C)NC(=O)C2CCN(Cc3ccc(F)cc3)CC2)cc1. The number of nitrogens with zero attached hydrogens (tertiary/aromatic N) is 1. The van der Waals surface area contributed by atoms with Crippen LogP contribution in [-0.4, -0.2) is 23.9 Å². The summed E-state index contributed by atoms with van der Waals surface area (Å²) < 4.78 is 13.0. The minimum absolute atomic E-state index is 0.0281. The molecule has 0 saturated carbocycles. The molecule has 0 aromatic heterocycles. The van der Waals surface area contributed by atoms with Crippen molar-refractivity contribution in [2.75, 3.05) is 13.1 Å². The van der Waals surface area contributed by atoms with Crippen LogP contribution >= 0.6 is 0 Å². The second-order valence-electron chi connectivity index (χ2n) is 7.32. The van der Waals surface area contributed by atoms with Gasteiger partial charge in [-0.1, -0.05) is 42.0 Å². The quantitative estimate of drug-likeness (QED) is 0.872. The molecule has 2 aromatic carbocycles. The first-order chi connectivity index (χ1) is 12.5. The first kappa shape index (κ1) is 18.6. The van der Waals surface area contributed by atoms with Crippen molar-refractivity contribution in [3.8, 4) is 0 Å². The number of benzene rings is 2. The fourth-order valence-electron chi connectivity index (χ4n) is 3.47. The van der Waals surface area contributed by atoms with Crippen molar-refractivity contribution in [1.29, 1.82) is 0 Å². The third-order valence-electron chi connectivity index (χ3n) is 5.21. The van der Waals surface area contributed by atoms with Gasteiger partial charge >= 0.3 is 0 Å². The maximum Gasteiger partial charge on any atom is 0.223 e. The largest absolute Gasteiger partial charge is 0.349 e. The molecular weight excluding hydrogens is 327 g/mol. The number of carbonyl (C=O) groups excluding carboxylic acids is 1. The Morgan fingerprint density at radius 2 is 1.73 bits per heavy atom. The molecular formula is C22H27FN2O. The van der Waals surface area contributed by atoms with Crippen molar-refractivity contribution < 1.29 is 9.18 Å². The van der Waals surface area contributed by atoms with Gasteiger partial charge < -0.3 is 5.32 Å². The molecule has 1 aliphatic heterocycles.